The highest BCUT2D eigenvalue weighted by Gasteiger charge is 2.21. The first-order valence-corrected chi connectivity index (χ1v) is 8.41. The zero-order chi connectivity index (χ0) is 16.2. The normalized spacial score (nSPS) is 13.0. The van der Waals surface area contributed by atoms with Crippen molar-refractivity contribution in [2.45, 2.75) is 24.8 Å². The Morgan fingerprint density at radius 2 is 2.14 bits per heavy atom. The lowest BCUT2D eigenvalue weighted by Crippen LogP contribution is -2.36. The number of hydrogen-bond donors (Lipinski definition) is 2. The van der Waals surface area contributed by atoms with Gasteiger partial charge in [0.25, 0.3) is 5.91 Å². The standard InChI is InChI=1S/C12H16BrFN2O4S/c1-3-20-6-7(2)16-12(17)8-4-11(21(15,18)19)9(13)5-10(8)14/h4-5,7H,3,6H2,1-2H3,(H,16,17)(H2,15,18,19). The number of carbonyl (C=O) groups excluding carboxylic acids is 1. The molecule has 0 fully saturated rings. The van der Waals surface area contributed by atoms with E-state index < -0.39 is 27.3 Å². The van der Waals surface area contributed by atoms with Crippen LogP contribution in [0.25, 0.3) is 0 Å². The fourth-order valence-electron chi connectivity index (χ4n) is 1.56. The molecule has 1 amide bonds. The Balaban J connectivity index is 3.05. The molecular formula is C12H16BrFN2O4S. The molecule has 0 saturated heterocycles. The second-order valence-electron chi connectivity index (χ2n) is 4.34. The van der Waals surface area contributed by atoms with Crippen molar-refractivity contribution in [2.75, 3.05) is 13.2 Å². The predicted octanol–water partition coefficient (Wildman–Crippen LogP) is 1.39. The van der Waals surface area contributed by atoms with Crippen molar-refractivity contribution >= 4 is 31.9 Å². The van der Waals surface area contributed by atoms with E-state index in [0.717, 1.165) is 12.1 Å². The fourth-order valence-corrected chi connectivity index (χ4v) is 3.16. The first-order valence-electron chi connectivity index (χ1n) is 6.07. The van der Waals surface area contributed by atoms with Gasteiger partial charge in [0.05, 0.1) is 17.1 Å². The van der Waals surface area contributed by atoms with Crippen molar-refractivity contribution in [3.05, 3.63) is 28.0 Å². The molecule has 1 aromatic rings. The molecule has 3 N–H and O–H groups in total. The minimum Gasteiger partial charge on any atom is -0.380 e. The Kier molecular flexibility index (Phi) is 6.26. The van der Waals surface area contributed by atoms with E-state index in [1.165, 1.54) is 0 Å². The van der Waals surface area contributed by atoms with Crippen molar-refractivity contribution in [3.8, 4) is 0 Å². The highest BCUT2D eigenvalue weighted by molar-refractivity contribution is 9.10. The quantitative estimate of drug-likeness (QED) is 0.776. The smallest absolute Gasteiger partial charge is 0.254 e. The van der Waals surface area contributed by atoms with Gasteiger partial charge in [0.2, 0.25) is 10.0 Å². The average Bonchev–Trinajstić information content (AvgIpc) is 2.34. The van der Waals surface area contributed by atoms with Crippen LogP contribution in [0.5, 0.6) is 0 Å². The lowest BCUT2D eigenvalue weighted by atomic mass is 10.2. The van der Waals surface area contributed by atoms with Crippen LogP contribution in [0.4, 0.5) is 4.39 Å². The van der Waals surface area contributed by atoms with Crippen LogP contribution in [0.3, 0.4) is 0 Å². The van der Waals surface area contributed by atoms with Gasteiger partial charge in [-0.15, -0.1) is 0 Å². The molecule has 21 heavy (non-hydrogen) atoms. The minimum atomic E-state index is -4.07. The number of sulfonamides is 1. The molecule has 0 aliphatic carbocycles. The number of nitrogens with two attached hydrogens (primary N) is 1. The van der Waals surface area contributed by atoms with Crippen molar-refractivity contribution in [3.63, 3.8) is 0 Å². The fraction of sp³-hybridized carbons (Fsp3) is 0.417. The Bertz CT molecular complexity index is 636. The number of nitrogens with one attached hydrogen (secondary N) is 1. The molecule has 0 heterocycles. The van der Waals surface area contributed by atoms with Crippen LogP contribution in [-0.2, 0) is 14.8 Å². The van der Waals surface area contributed by atoms with Gasteiger partial charge in [-0.2, -0.15) is 0 Å². The van der Waals surface area contributed by atoms with E-state index in [2.05, 4.69) is 21.2 Å². The Morgan fingerprint density at radius 3 is 2.67 bits per heavy atom. The molecule has 0 aliphatic heterocycles. The van der Waals surface area contributed by atoms with Crippen LogP contribution in [0, 0.1) is 5.82 Å². The van der Waals surface area contributed by atoms with E-state index in [0.29, 0.717) is 6.61 Å². The molecule has 1 atom stereocenters. The molecule has 1 unspecified atom stereocenters. The molecule has 6 nitrogen and oxygen atoms in total. The second-order valence-corrected chi connectivity index (χ2v) is 6.73. The first-order chi connectivity index (χ1) is 9.66. The summed E-state index contributed by atoms with van der Waals surface area (Å²) in [5.41, 5.74) is -0.398. The summed E-state index contributed by atoms with van der Waals surface area (Å²) in [6.45, 7) is 4.25. The molecular weight excluding hydrogens is 367 g/mol. The zero-order valence-corrected chi connectivity index (χ0v) is 13.9. The molecule has 0 radical (unpaired) electrons. The Hall–Kier alpha value is -1.03. The maximum Gasteiger partial charge on any atom is 0.254 e. The van der Waals surface area contributed by atoms with Crippen molar-refractivity contribution < 1.29 is 22.3 Å². The molecule has 0 aromatic heterocycles. The summed E-state index contributed by atoms with van der Waals surface area (Å²) < 4.78 is 41.7. The van der Waals surface area contributed by atoms with Gasteiger partial charge in [-0.1, -0.05) is 0 Å². The maximum atomic E-state index is 13.8. The largest absolute Gasteiger partial charge is 0.380 e. The lowest BCUT2D eigenvalue weighted by Gasteiger charge is -2.14. The SMILES string of the molecule is CCOCC(C)NC(=O)c1cc(S(N)(=O)=O)c(Br)cc1F. The average molecular weight is 383 g/mol. The molecule has 118 valence electrons. The first kappa shape index (κ1) is 18.0. The van der Waals surface area contributed by atoms with Crippen molar-refractivity contribution in [1.29, 1.82) is 0 Å². The van der Waals surface area contributed by atoms with Gasteiger partial charge < -0.3 is 10.1 Å². The Morgan fingerprint density at radius 1 is 1.52 bits per heavy atom. The third-order valence-electron chi connectivity index (χ3n) is 2.52. The summed E-state index contributed by atoms with van der Waals surface area (Å²) in [7, 11) is -4.07. The topological polar surface area (TPSA) is 98.5 Å². The molecule has 0 aliphatic rings. The third-order valence-corrected chi connectivity index (χ3v) is 4.39. The van der Waals surface area contributed by atoms with Crippen LogP contribution >= 0.6 is 15.9 Å². The number of ether oxygens (including phenoxy) is 1. The van der Waals surface area contributed by atoms with E-state index in [1.807, 2.05) is 0 Å². The maximum absolute atomic E-state index is 13.8. The molecule has 0 bridgehead atoms. The van der Waals surface area contributed by atoms with E-state index in [1.54, 1.807) is 13.8 Å². The molecule has 1 aromatic carbocycles. The summed E-state index contributed by atoms with van der Waals surface area (Å²) in [5.74, 6) is -1.59. The summed E-state index contributed by atoms with van der Waals surface area (Å²) in [5, 5.41) is 7.53. The van der Waals surface area contributed by atoms with Gasteiger partial charge in [-0.05, 0) is 41.9 Å². The summed E-state index contributed by atoms with van der Waals surface area (Å²) >= 11 is 2.90. The van der Waals surface area contributed by atoms with Gasteiger partial charge in [0, 0.05) is 17.1 Å². The molecule has 0 spiro atoms. The van der Waals surface area contributed by atoms with Crippen LogP contribution in [0.15, 0.2) is 21.5 Å². The van der Waals surface area contributed by atoms with Gasteiger partial charge in [-0.3, -0.25) is 4.79 Å². The predicted molar refractivity (Wildman–Crippen MR) is 78.9 cm³/mol. The van der Waals surface area contributed by atoms with Crippen LogP contribution < -0.4 is 10.5 Å². The van der Waals surface area contributed by atoms with Gasteiger partial charge in [-0.25, -0.2) is 17.9 Å². The van der Waals surface area contributed by atoms with Crippen LogP contribution in [0.2, 0.25) is 0 Å². The summed E-state index contributed by atoms with van der Waals surface area (Å²) in [6, 6.07) is 1.44. The molecule has 1 rings (SSSR count). The lowest BCUT2D eigenvalue weighted by molar-refractivity contribution is 0.0868. The molecule has 0 saturated carbocycles. The summed E-state index contributed by atoms with van der Waals surface area (Å²) in [6.07, 6.45) is 0. The number of primary sulfonamides is 1. The van der Waals surface area contributed by atoms with Crippen LogP contribution in [-0.4, -0.2) is 33.6 Å². The number of benzene rings is 1. The van der Waals surface area contributed by atoms with Gasteiger partial charge in [0.1, 0.15) is 5.82 Å². The van der Waals surface area contributed by atoms with E-state index in [9.17, 15) is 17.6 Å². The van der Waals surface area contributed by atoms with Gasteiger partial charge in [0.15, 0.2) is 0 Å². The van der Waals surface area contributed by atoms with Crippen molar-refractivity contribution in [1.82, 2.24) is 5.32 Å². The second kappa shape index (κ2) is 7.30. The number of halogens is 2. The molecule has 9 heteroatoms. The third kappa shape index (κ3) is 5.03. The number of carbonyl (C=O) groups is 1. The number of hydrogen-bond acceptors (Lipinski definition) is 4. The Labute approximate surface area is 131 Å². The van der Waals surface area contributed by atoms with Gasteiger partial charge >= 0.3 is 0 Å². The highest BCUT2D eigenvalue weighted by Crippen LogP contribution is 2.24. The monoisotopic (exact) mass is 382 g/mol. The van der Waals surface area contributed by atoms with Crippen molar-refractivity contribution in [2.24, 2.45) is 5.14 Å². The zero-order valence-electron chi connectivity index (χ0n) is 11.5. The number of amides is 1. The van der Waals surface area contributed by atoms with E-state index >= 15 is 0 Å². The van der Waals surface area contributed by atoms with Crippen LogP contribution in [0.1, 0.15) is 24.2 Å². The van der Waals surface area contributed by atoms with E-state index in [-0.39, 0.29) is 22.0 Å². The van der Waals surface area contributed by atoms with E-state index in [4.69, 9.17) is 9.88 Å². The highest BCUT2D eigenvalue weighted by atomic mass is 79.9. The minimum absolute atomic E-state index is 0.0404. The summed E-state index contributed by atoms with van der Waals surface area (Å²) in [4.78, 5) is 11.6. The number of rotatable bonds is 6.